The van der Waals surface area contributed by atoms with Crippen molar-refractivity contribution in [3.05, 3.63) is 47.7 Å². The van der Waals surface area contributed by atoms with E-state index in [1.807, 2.05) is 37.3 Å². The van der Waals surface area contributed by atoms with Crippen LogP contribution in [0.5, 0.6) is 0 Å². The van der Waals surface area contributed by atoms with Crippen molar-refractivity contribution in [1.82, 2.24) is 26.1 Å². The maximum Gasteiger partial charge on any atom is 0.323 e. The van der Waals surface area contributed by atoms with Crippen LogP contribution in [0.4, 0.5) is 0 Å². The van der Waals surface area contributed by atoms with Gasteiger partial charge in [0, 0.05) is 17.6 Å². The molecule has 13 nitrogen and oxygen atoms in total. The summed E-state index contributed by atoms with van der Waals surface area (Å²) in [5.74, 6) is -5.24. The van der Waals surface area contributed by atoms with Crippen LogP contribution in [-0.2, 0) is 35.1 Å². The predicted molar refractivity (Wildman–Crippen MR) is 179 cm³/mol. The number of hydrazine groups is 1. The third-order valence-electron chi connectivity index (χ3n) is 8.45. The van der Waals surface area contributed by atoms with E-state index in [1.165, 1.54) is 11.9 Å². The van der Waals surface area contributed by atoms with E-state index in [9.17, 15) is 29.1 Å². The molecule has 1 saturated heterocycles. The van der Waals surface area contributed by atoms with Crippen molar-refractivity contribution >= 4 is 46.6 Å². The van der Waals surface area contributed by atoms with E-state index in [2.05, 4.69) is 21.0 Å². The number of nitrogens with one attached hydrogen (secondary N) is 3. The monoisotopic (exact) mass is 665 g/mol. The zero-order valence-electron chi connectivity index (χ0n) is 28.8. The fraction of sp³-hybridized carbons (Fsp3) is 0.543. The van der Waals surface area contributed by atoms with Gasteiger partial charge in [-0.25, -0.2) is 5.43 Å². The maximum atomic E-state index is 13.8. The molecule has 1 fully saturated rings. The number of carboxylic acid groups (broad SMARTS) is 1. The van der Waals surface area contributed by atoms with E-state index < -0.39 is 65.8 Å². The quantitative estimate of drug-likeness (QED) is 0.213. The second-order valence-corrected chi connectivity index (χ2v) is 13.0. The number of aryl methyl sites for hydroxylation is 1. The van der Waals surface area contributed by atoms with Crippen molar-refractivity contribution < 1.29 is 33.8 Å². The van der Waals surface area contributed by atoms with Crippen molar-refractivity contribution in [3.8, 4) is 0 Å². The summed E-state index contributed by atoms with van der Waals surface area (Å²) >= 11 is 0. The van der Waals surface area contributed by atoms with Gasteiger partial charge in [-0.15, -0.1) is 0 Å². The van der Waals surface area contributed by atoms with Crippen LogP contribution in [0.25, 0.3) is 17.0 Å². The van der Waals surface area contributed by atoms with Gasteiger partial charge in [-0.05, 0) is 62.6 Å². The summed E-state index contributed by atoms with van der Waals surface area (Å²) in [6.07, 6.45) is 3.98. The highest BCUT2D eigenvalue weighted by atomic mass is 16.5. The van der Waals surface area contributed by atoms with Crippen LogP contribution in [0, 0.1) is 17.8 Å². The number of carboxylic acids is 1. The number of aliphatic carboxylic acids is 1. The van der Waals surface area contributed by atoms with Gasteiger partial charge in [-0.3, -0.25) is 29.2 Å². The third kappa shape index (κ3) is 10.1. The third-order valence-corrected chi connectivity index (χ3v) is 8.45. The van der Waals surface area contributed by atoms with Gasteiger partial charge in [0.15, 0.2) is 0 Å². The Morgan fingerprint density at radius 3 is 2.35 bits per heavy atom. The molecular weight excluding hydrogens is 616 g/mol. The number of amides is 3. The van der Waals surface area contributed by atoms with Gasteiger partial charge in [0.05, 0.1) is 23.4 Å². The van der Waals surface area contributed by atoms with Crippen LogP contribution in [0.15, 0.2) is 36.4 Å². The number of carbonyl (C=O) groups is 5. The smallest absolute Gasteiger partial charge is 0.323 e. The molecule has 1 aromatic carbocycles. The molecule has 0 aliphatic carbocycles. The summed E-state index contributed by atoms with van der Waals surface area (Å²) in [6.45, 7) is 12.4. The summed E-state index contributed by atoms with van der Waals surface area (Å²) in [6, 6.07) is 5.74. The molecule has 262 valence electrons. The van der Waals surface area contributed by atoms with Crippen LogP contribution in [0.2, 0.25) is 0 Å². The first-order chi connectivity index (χ1) is 22.6. The molecule has 0 spiro atoms. The largest absolute Gasteiger partial charge is 0.548 e. The van der Waals surface area contributed by atoms with Crippen molar-refractivity contribution in [2.75, 3.05) is 6.54 Å². The van der Waals surface area contributed by atoms with E-state index in [0.717, 1.165) is 28.6 Å². The lowest BCUT2D eigenvalue weighted by atomic mass is 9.97. The van der Waals surface area contributed by atoms with Gasteiger partial charge in [-0.2, -0.15) is 0 Å². The number of nitrogens with two attached hydrogens (primary N) is 1. The SMILES string of the molecule is CCc1ccc2ccc(/C=C/[C@@H](C(=O)N[C@H](C(=O)N[C@@H](C)C(=O)N3CCC[C@@H](C(=O)[O-])N3)C(C)C)[C@H](C)OC(=O)[C@@H](N)C(C)C)cc2n1. The standard InChI is InChI=1S/C35H50N6O7/c1-8-25-15-14-24-13-11-23(18-28(24)38-25)12-16-26(22(7)48-35(47)29(36)19(2)3)31(42)39-30(20(4)5)32(43)37-21(6)33(44)41-17-9-10-27(40-41)34(45)46/h11-16,18-22,26-27,29-30,40H,8-10,17,36H2,1-7H3,(H,37,43)(H,39,42)(H,45,46)/p-1/b16-12+/t21-,22-,26+,27-,29-,30-/m0/s1. The number of hydrogen-bond acceptors (Lipinski definition) is 10. The molecule has 48 heavy (non-hydrogen) atoms. The number of aromatic nitrogens is 1. The van der Waals surface area contributed by atoms with E-state index >= 15 is 0 Å². The molecule has 1 aromatic heterocycles. The lowest BCUT2D eigenvalue weighted by Crippen LogP contribution is -2.62. The molecule has 5 N–H and O–H groups in total. The Labute approximate surface area is 282 Å². The van der Waals surface area contributed by atoms with Gasteiger partial charge in [0.25, 0.3) is 5.91 Å². The van der Waals surface area contributed by atoms with Crippen molar-refractivity contribution in [3.63, 3.8) is 0 Å². The Hall–Kier alpha value is -4.36. The first-order valence-electron chi connectivity index (χ1n) is 16.6. The van der Waals surface area contributed by atoms with E-state index in [-0.39, 0.29) is 18.4 Å². The Morgan fingerprint density at radius 1 is 1.04 bits per heavy atom. The van der Waals surface area contributed by atoms with Gasteiger partial charge in [-0.1, -0.05) is 65.0 Å². The summed E-state index contributed by atoms with van der Waals surface area (Å²) in [7, 11) is 0. The lowest BCUT2D eigenvalue weighted by Gasteiger charge is -2.36. The minimum absolute atomic E-state index is 0.184. The zero-order valence-corrected chi connectivity index (χ0v) is 28.8. The lowest BCUT2D eigenvalue weighted by molar-refractivity contribution is -0.310. The van der Waals surface area contributed by atoms with E-state index in [4.69, 9.17) is 10.5 Å². The summed E-state index contributed by atoms with van der Waals surface area (Å²) < 4.78 is 5.64. The average molecular weight is 666 g/mol. The molecule has 0 bridgehead atoms. The van der Waals surface area contributed by atoms with Crippen LogP contribution in [0.3, 0.4) is 0 Å². The molecule has 3 amide bonds. The highest BCUT2D eigenvalue weighted by Crippen LogP contribution is 2.20. The normalized spacial score (nSPS) is 18.3. The number of fused-ring (bicyclic) bond motifs is 1. The molecular formula is C35H49N6O7-. The first-order valence-corrected chi connectivity index (χ1v) is 16.6. The number of carbonyl (C=O) groups excluding carboxylic acids is 5. The Morgan fingerprint density at radius 2 is 1.73 bits per heavy atom. The number of ether oxygens (including phenoxy) is 1. The number of benzene rings is 1. The van der Waals surface area contributed by atoms with Gasteiger partial charge in [0.2, 0.25) is 11.8 Å². The maximum absolute atomic E-state index is 13.8. The molecule has 2 aromatic rings. The number of nitrogens with zero attached hydrogens (tertiary/aromatic N) is 2. The molecule has 3 rings (SSSR count). The summed E-state index contributed by atoms with van der Waals surface area (Å²) in [5.41, 5.74) is 11.2. The molecule has 1 aliphatic rings. The Bertz CT molecular complexity index is 1510. The summed E-state index contributed by atoms with van der Waals surface area (Å²) in [4.78, 5) is 69.1. The van der Waals surface area contributed by atoms with E-state index in [1.54, 1.807) is 46.8 Å². The topological polar surface area (TPSA) is 196 Å². The minimum atomic E-state index is -1.32. The van der Waals surface area contributed by atoms with Crippen molar-refractivity contribution in [2.24, 2.45) is 23.5 Å². The number of esters is 1. The number of pyridine rings is 1. The second-order valence-electron chi connectivity index (χ2n) is 13.0. The van der Waals surface area contributed by atoms with Crippen molar-refractivity contribution in [1.29, 1.82) is 0 Å². The fourth-order valence-electron chi connectivity index (χ4n) is 5.25. The fourth-order valence-corrected chi connectivity index (χ4v) is 5.25. The Balaban J connectivity index is 1.82. The molecule has 2 heterocycles. The van der Waals surface area contributed by atoms with Gasteiger partial charge >= 0.3 is 5.97 Å². The second kappa shape index (κ2) is 17.2. The van der Waals surface area contributed by atoms with Gasteiger partial charge in [0.1, 0.15) is 24.2 Å². The van der Waals surface area contributed by atoms with Crippen molar-refractivity contribution in [2.45, 2.75) is 98.0 Å². The molecule has 1 aliphatic heterocycles. The number of hydrogen-bond donors (Lipinski definition) is 4. The Kier molecular flexibility index (Phi) is 13.6. The van der Waals surface area contributed by atoms with Crippen LogP contribution < -0.4 is 26.9 Å². The average Bonchev–Trinajstić information content (AvgIpc) is 3.05. The van der Waals surface area contributed by atoms with Crippen LogP contribution in [0.1, 0.15) is 72.6 Å². The summed E-state index contributed by atoms with van der Waals surface area (Å²) in [5, 5.41) is 18.9. The van der Waals surface area contributed by atoms with E-state index in [0.29, 0.717) is 12.8 Å². The van der Waals surface area contributed by atoms with Gasteiger partial charge < -0.3 is 31.0 Å². The molecule has 6 atom stereocenters. The zero-order chi connectivity index (χ0) is 35.7. The van der Waals surface area contributed by atoms with Crippen LogP contribution in [-0.4, -0.2) is 76.5 Å². The molecule has 13 heteroatoms. The van der Waals surface area contributed by atoms with Crippen LogP contribution >= 0.6 is 0 Å². The highest BCUT2D eigenvalue weighted by molar-refractivity contribution is 5.93. The molecule has 0 radical (unpaired) electrons. The first kappa shape index (κ1) is 38.1. The predicted octanol–water partition coefficient (Wildman–Crippen LogP) is 1.23. The minimum Gasteiger partial charge on any atom is -0.548 e. The number of rotatable bonds is 14. The molecule has 0 saturated carbocycles. The molecule has 0 unspecified atom stereocenters. The highest BCUT2D eigenvalue weighted by Gasteiger charge is 2.34.